The zero-order chi connectivity index (χ0) is 57.7. The van der Waals surface area contributed by atoms with Gasteiger partial charge < -0.3 is 62.9 Å². The zero-order valence-electron chi connectivity index (χ0n) is 44.5. The molecule has 4 N–H and O–H groups in total. The van der Waals surface area contributed by atoms with Crippen molar-refractivity contribution in [1.29, 1.82) is 0 Å². The normalized spacial score (nSPS) is 13.2. The Kier molecular flexibility index (Phi) is 29.0. The van der Waals surface area contributed by atoms with Crippen LogP contribution in [0.3, 0.4) is 0 Å². The number of aliphatic hydroxyl groups excluding tert-OH is 1. The molecule has 0 spiro atoms. The number of nitrogens with two attached hydrogens (primary N) is 1. The van der Waals surface area contributed by atoms with Gasteiger partial charge in [0.15, 0.2) is 28.4 Å². The van der Waals surface area contributed by atoms with Gasteiger partial charge in [0.1, 0.15) is 17.5 Å². The first kappa shape index (κ1) is 65.4. The lowest BCUT2D eigenvalue weighted by atomic mass is 10.1. The summed E-state index contributed by atoms with van der Waals surface area (Å²) in [5.41, 5.74) is 9.01. The molecule has 0 aliphatic carbocycles. The second-order valence-corrected chi connectivity index (χ2v) is 18.3. The minimum Gasteiger partial charge on any atom is -0.420 e. The Balaban J connectivity index is 0.772. The molecule has 2 aromatic carbocycles. The number of hydrogen-bond acceptors (Lipinski definition) is 22. The molecular weight excluding hydrogens is 1090 g/mol. The lowest BCUT2D eigenvalue weighted by Crippen LogP contribution is -2.38. The number of amidine groups is 1. The monoisotopic (exact) mass is 1160 g/mol. The first-order chi connectivity index (χ1) is 38.6. The van der Waals surface area contributed by atoms with Crippen molar-refractivity contribution in [3.05, 3.63) is 75.5 Å². The number of nitrogens with zero attached hydrogens (tertiary/aromatic N) is 6. The third-order valence-corrected chi connectivity index (χ3v) is 11.9. The molecule has 0 radical (unpaired) electrons. The van der Waals surface area contributed by atoms with Crippen LogP contribution in [0.1, 0.15) is 38.7 Å². The van der Waals surface area contributed by atoms with E-state index in [9.17, 15) is 40.7 Å². The molecule has 30 heteroatoms. The summed E-state index contributed by atoms with van der Waals surface area (Å²) < 4.78 is 148. The molecule has 5 rings (SSSR count). The second kappa shape index (κ2) is 35.4. The number of rotatable bonds is 42. The van der Waals surface area contributed by atoms with Gasteiger partial charge in [0.25, 0.3) is 5.56 Å². The van der Waals surface area contributed by atoms with E-state index in [0.29, 0.717) is 139 Å². The van der Waals surface area contributed by atoms with Crippen molar-refractivity contribution in [1.82, 2.24) is 24.4 Å². The molecule has 3 heterocycles. The summed E-state index contributed by atoms with van der Waals surface area (Å²) in [6.07, 6.45) is 4.45. The van der Waals surface area contributed by atoms with Crippen LogP contribution in [0.4, 0.5) is 23.2 Å². The van der Waals surface area contributed by atoms with Crippen molar-refractivity contribution >= 4 is 44.7 Å². The molecule has 0 fully saturated rings. The van der Waals surface area contributed by atoms with E-state index < -0.39 is 62.7 Å². The molecule has 1 aliphatic heterocycles. The average Bonchev–Trinajstić information content (AvgIpc) is 3.85. The van der Waals surface area contributed by atoms with E-state index in [-0.39, 0.29) is 58.2 Å². The summed E-state index contributed by atoms with van der Waals surface area (Å²) in [6.45, 7) is 10.9. The molecule has 25 nitrogen and oxygen atoms in total. The van der Waals surface area contributed by atoms with E-state index in [1.54, 1.807) is 15.9 Å². The number of aliphatic hydroxyl groups is 1. The van der Waals surface area contributed by atoms with Crippen LogP contribution in [-0.2, 0) is 73.7 Å². The summed E-state index contributed by atoms with van der Waals surface area (Å²) in [4.78, 5) is 37.6. The number of carbonyl (C=O) groups is 1. The highest BCUT2D eigenvalue weighted by atomic mass is 32.2. The highest BCUT2D eigenvalue weighted by Gasteiger charge is 2.34. The quantitative estimate of drug-likeness (QED) is 0.00838. The highest BCUT2D eigenvalue weighted by molar-refractivity contribution is 7.85. The first-order valence-electron chi connectivity index (χ1n) is 25.7. The number of ether oxygens (including phenoxy) is 11. The van der Waals surface area contributed by atoms with E-state index >= 15 is 0 Å². The van der Waals surface area contributed by atoms with E-state index in [4.69, 9.17) is 62.5 Å². The third-order valence-electron chi connectivity index (χ3n) is 11.0. The first-order valence-corrected chi connectivity index (χ1v) is 27.1. The van der Waals surface area contributed by atoms with Crippen molar-refractivity contribution in [2.75, 3.05) is 145 Å². The fraction of sp³-hybridized carbons (Fsp3) is 0.580. The fourth-order valence-electron chi connectivity index (χ4n) is 7.25. The van der Waals surface area contributed by atoms with E-state index in [1.807, 2.05) is 38.1 Å². The minimum absolute atomic E-state index is 0.0156. The summed E-state index contributed by atoms with van der Waals surface area (Å²) >= 11 is 0. The fourth-order valence-corrected chi connectivity index (χ4v) is 7.88. The Morgan fingerprint density at radius 1 is 0.738 bits per heavy atom. The van der Waals surface area contributed by atoms with Crippen molar-refractivity contribution in [3.63, 3.8) is 0 Å². The summed E-state index contributed by atoms with van der Waals surface area (Å²) in [5, 5.41) is 17.5. The molecule has 1 aliphatic rings. The number of fused-ring (bicyclic) bond motifs is 2. The number of hydrogen-bond donors (Lipinski definition) is 3. The van der Waals surface area contributed by atoms with Crippen LogP contribution in [0.25, 0.3) is 22.8 Å². The number of aromatic nitrogens is 4. The van der Waals surface area contributed by atoms with Gasteiger partial charge in [-0.15, -0.1) is 5.10 Å². The van der Waals surface area contributed by atoms with Crippen molar-refractivity contribution in [2.24, 2.45) is 10.7 Å². The van der Waals surface area contributed by atoms with Crippen molar-refractivity contribution in [2.45, 2.75) is 50.8 Å². The molecule has 0 saturated carbocycles. The highest BCUT2D eigenvalue weighted by Crippen LogP contribution is 2.33. The van der Waals surface area contributed by atoms with E-state index in [2.05, 4.69) is 19.8 Å². The van der Waals surface area contributed by atoms with Gasteiger partial charge in [-0.05, 0) is 37.1 Å². The van der Waals surface area contributed by atoms with Gasteiger partial charge in [0.05, 0.1) is 163 Å². The molecule has 446 valence electrons. The van der Waals surface area contributed by atoms with Gasteiger partial charge in [0.2, 0.25) is 17.4 Å². The summed E-state index contributed by atoms with van der Waals surface area (Å²) in [6, 6.07) is 5.53. The molecule has 0 bridgehead atoms. The molecule has 4 aromatic rings. The molecule has 2 aromatic heterocycles. The van der Waals surface area contributed by atoms with Gasteiger partial charge >= 0.3 is 16.1 Å². The van der Waals surface area contributed by atoms with Gasteiger partial charge in [-0.1, -0.05) is 13.0 Å². The molecule has 0 amide bonds. The molecule has 80 heavy (non-hydrogen) atoms. The number of hydroxylamine groups is 2. The Labute approximate surface area is 459 Å². The van der Waals surface area contributed by atoms with Gasteiger partial charge in [-0.2, -0.15) is 22.3 Å². The number of esters is 1. The summed E-state index contributed by atoms with van der Waals surface area (Å²) in [7, 11) is -5.65. The minimum atomic E-state index is -5.65. The van der Waals surface area contributed by atoms with Crippen LogP contribution in [0.2, 0.25) is 0 Å². The Bertz CT molecular complexity index is 2760. The van der Waals surface area contributed by atoms with Gasteiger partial charge in [-0.25, -0.2) is 23.4 Å². The van der Waals surface area contributed by atoms with Gasteiger partial charge in [-0.3, -0.25) is 23.5 Å². The standard InChI is InChI=1S/C50H69F4N7O18S/c1-3-8-61(78-4-2)49(63)36-30-35-5-6-37(32-39(35)57-40(55)31-36)60-33-38-48(58-60)56-34-59(50(38)64)9-11-69-13-15-71-17-19-73-21-23-75-25-27-77-29-28-76-26-24-74-22-20-72-18-16-70-14-12-68-10-7-41(62)79-46-42(51)44(53)47(80(65,66)67)45(54)43(46)52/h5-6,30,32-34,49,63H,3-4,7-29,31H2,1-2H3,(H2,55,57)(H,65,66,67). The maximum absolute atomic E-state index is 14.0. The predicted molar refractivity (Wildman–Crippen MR) is 276 cm³/mol. The van der Waals surface area contributed by atoms with Crippen LogP contribution in [0.15, 0.2) is 51.0 Å². The molecule has 1 unspecified atom stereocenters. The van der Waals surface area contributed by atoms with Crippen LogP contribution < -0.4 is 16.0 Å². The van der Waals surface area contributed by atoms with Crippen LogP contribution >= 0.6 is 0 Å². The maximum Gasteiger partial charge on any atom is 0.313 e. The lowest BCUT2D eigenvalue weighted by Gasteiger charge is -2.27. The molecule has 1 atom stereocenters. The number of carbonyl (C=O) groups excluding carboxylic acids is 1. The topological polar surface area (TPSA) is 297 Å². The van der Waals surface area contributed by atoms with Crippen LogP contribution in [0, 0.1) is 23.3 Å². The number of halogens is 4. The van der Waals surface area contributed by atoms with E-state index in [1.165, 1.54) is 10.9 Å². The van der Waals surface area contributed by atoms with Crippen LogP contribution in [-0.4, -0.2) is 206 Å². The van der Waals surface area contributed by atoms with Crippen molar-refractivity contribution < 1.29 is 97.4 Å². The zero-order valence-corrected chi connectivity index (χ0v) is 45.3. The molecular formula is C50H69F4N7O18S. The lowest BCUT2D eigenvalue weighted by molar-refractivity contribution is -0.223. The molecule has 0 saturated heterocycles. The third kappa shape index (κ3) is 21.5. The Hall–Kier alpha value is -5.42. The number of aliphatic imine (C=N–C) groups is 1. The van der Waals surface area contributed by atoms with Crippen molar-refractivity contribution in [3.8, 4) is 11.4 Å². The largest absolute Gasteiger partial charge is 0.420 e. The van der Waals surface area contributed by atoms with E-state index in [0.717, 1.165) is 12.0 Å². The smallest absolute Gasteiger partial charge is 0.313 e. The number of benzene rings is 2. The predicted octanol–water partition coefficient (Wildman–Crippen LogP) is 3.30. The summed E-state index contributed by atoms with van der Waals surface area (Å²) in [5.74, 6) is -12.3. The Morgan fingerprint density at radius 3 is 1.70 bits per heavy atom. The average molecular weight is 1160 g/mol. The Morgan fingerprint density at radius 2 is 1.23 bits per heavy atom. The SMILES string of the molecule is CCCN(OCC)C(O)C1=Cc2ccc(-n3cc4c(=O)n(CCOCCOCCOCCOCCOCCOCCOCCOCCOCCOCCC(=O)Oc5c(F)c(F)c(S(=O)(=O)O)c(F)c5F)cnc4n3)cc2N=C(N)C1. The second-order valence-electron chi connectivity index (χ2n) is 17.0. The maximum atomic E-state index is 14.0. The van der Waals surface area contributed by atoms with Crippen LogP contribution in [0.5, 0.6) is 5.75 Å². The van der Waals surface area contributed by atoms with Gasteiger partial charge in [0, 0.05) is 24.7 Å².